The first kappa shape index (κ1) is 25.5. The van der Waals surface area contributed by atoms with Gasteiger partial charge in [-0.15, -0.1) is 0 Å². The summed E-state index contributed by atoms with van der Waals surface area (Å²) in [5, 5.41) is 18.2. The molecule has 0 spiro atoms. The summed E-state index contributed by atoms with van der Waals surface area (Å²) in [6, 6.07) is 8.12. The minimum absolute atomic E-state index is 0.00354. The molecule has 2 atom stereocenters. The van der Waals surface area contributed by atoms with E-state index in [0.29, 0.717) is 19.0 Å². The van der Waals surface area contributed by atoms with Crippen molar-refractivity contribution in [1.29, 1.82) is 0 Å². The molecule has 2 aromatic heterocycles. The standard InChI is InChI=1S/C28H30F2N6O3/c29-17-7-8-19(21(30)14-17)24-15-23(35-39-24)27(38)32-22-9-13-36(18-4-1-2-5-18)16-20(22)26(37)33-28(10-11-28)25-6-3-12-31-34-25/h3,6-8,12,14-15,18,20,22H,1-2,4-5,9-11,13,16H2,(H,32,38)(H,33,37)/t20-,22-/m0/s1. The number of amides is 2. The molecule has 6 rings (SSSR count). The Morgan fingerprint density at radius 1 is 1.08 bits per heavy atom. The van der Waals surface area contributed by atoms with Gasteiger partial charge in [-0.2, -0.15) is 10.2 Å². The van der Waals surface area contributed by atoms with E-state index in [1.165, 1.54) is 25.0 Å². The Morgan fingerprint density at radius 3 is 2.62 bits per heavy atom. The molecule has 9 nitrogen and oxygen atoms in total. The Labute approximate surface area is 224 Å². The van der Waals surface area contributed by atoms with E-state index < -0.39 is 35.0 Å². The van der Waals surface area contributed by atoms with E-state index in [1.54, 1.807) is 6.20 Å². The average molecular weight is 537 g/mol. The number of piperidine rings is 1. The summed E-state index contributed by atoms with van der Waals surface area (Å²) in [5.41, 5.74) is 0.189. The summed E-state index contributed by atoms with van der Waals surface area (Å²) in [5.74, 6) is -2.62. The number of carbonyl (C=O) groups is 2. The van der Waals surface area contributed by atoms with Crippen LogP contribution in [0.1, 0.15) is 61.1 Å². The highest BCUT2D eigenvalue weighted by Crippen LogP contribution is 2.44. The first-order valence-corrected chi connectivity index (χ1v) is 13.5. The Morgan fingerprint density at radius 2 is 1.90 bits per heavy atom. The molecule has 3 aromatic rings. The minimum Gasteiger partial charge on any atom is -0.355 e. The van der Waals surface area contributed by atoms with Crippen LogP contribution in [0.2, 0.25) is 0 Å². The van der Waals surface area contributed by atoms with Crippen molar-refractivity contribution in [3.05, 3.63) is 65.6 Å². The summed E-state index contributed by atoms with van der Waals surface area (Å²) >= 11 is 0. The van der Waals surface area contributed by atoms with Gasteiger partial charge in [-0.05, 0) is 56.4 Å². The first-order valence-electron chi connectivity index (χ1n) is 13.5. The molecule has 1 aliphatic heterocycles. The second-order valence-corrected chi connectivity index (χ2v) is 10.8. The van der Waals surface area contributed by atoms with Crippen molar-refractivity contribution in [2.24, 2.45) is 5.92 Å². The molecule has 39 heavy (non-hydrogen) atoms. The lowest BCUT2D eigenvalue weighted by molar-refractivity contribution is -0.129. The van der Waals surface area contributed by atoms with Gasteiger partial charge in [0.2, 0.25) is 5.91 Å². The number of carbonyl (C=O) groups excluding carboxylic acids is 2. The van der Waals surface area contributed by atoms with Crippen molar-refractivity contribution in [1.82, 2.24) is 30.9 Å². The van der Waals surface area contributed by atoms with E-state index in [2.05, 4.69) is 30.9 Å². The van der Waals surface area contributed by atoms with Gasteiger partial charge in [0.1, 0.15) is 11.6 Å². The molecule has 1 aromatic carbocycles. The molecule has 2 saturated carbocycles. The molecular weight excluding hydrogens is 506 g/mol. The number of benzene rings is 1. The average Bonchev–Trinajstić information content (AvgIpc) is 3.31. The molecule has 2 amide bonds. The molecule has 204 valence electrons. The number of aromatic nitrogens is 3. The molecule has 2 aliphatic carbocycles. The van der Waals surface area contributed by atoms with Gasteiger partial charge < -0.3 is 15.2 Å². The summed E-state index contributed by atoms with van der Waals surface area (Å²) in [7, 11) is 0. The van der Waals surface area contributed by atoms with Crippen LogP contribution in [0.3, 0.4) is 0 Å². The van der Waals surface area contributed by atoms with E-state index in [1.807, 2.05) is 12.1 Å². The van der Waals surface area contributed by atoms with Crippen LogP contribution in [0.5, 0.6) is 0 Å². The molecule has 11 heteroatoms. The second-order valence-electron chi connectivity index (χ2n) is 10.8. The molecule has 3 heterocycles. The maximum Gasteiger partial charge on any atom is 0.273 e. The molecule has 1 saturated heterocycles. The summed E-state index contributed by atoms with van der Waals surface area (Å²) in [6.07, 6.45) is 8.41. The van der Waals surface area contributed by atoms with E-state index in [-0.39, 0.29) is 22.9 Å². The van der Waals surface area contributed by atoms with Gasteiger partial charge in [-0.3, -0.25) is 14.5 Å². The zero-order valence-electron chi connectivity index (χ0n) is 21.4. The van der Waals surface area contributed by atoms with Crippen LogP contribution in [-0.2, 0) is 10.3 Å². The molecule has 0 bridgehead atoms. The maximum absolute atomic E-state index is 14.2. The maximum atomic E-state index is 14.2. The van der Waals surface area contributed by atoms with Crippen molar-refractivity contribution in [3.63, 3.8) is 0 Å². The predicted molar refractivity (Wildman–Crippen MR) is 136 cm³/mol. The lowest BCUT2D eigenvalue weighted by atomic mass is 9.89. The van der Waals surface area contributed by atoms with Crippen LogP contribution in [0.4, 0.5) is 8.78 Å². The SMILES string of the molecule is O=C(N[C@H]1CCN(C2CCCC2)C[C@@H]1C(=O)NC1(c2cccnn2)CC1)c1cc(-c2ccc(F)cc2F)on1. The largest absolute Gasteiger partial charge is 0.355 e. The van der Waals surface area contributed by atoms with Gasteiger partial charge in [-0.1, -0.05) is 18.0 Å². The van der Waals surface area contributed by atoms with Crippen LogP contribution < -0.4 is 10.6 Å². The summed E-state index contributed by atoms with van der Waals surface area (Å²) in [4.78, 5) is 29.3. The first-order chi connectivity index (χ1) is 18.9. The Kier molecular flexibility index (Phi) is 6.84. The van der Waals surface area contributed by atoms with Crippen molar-refractivity contribution >= 4 is 11.8 Å². The fraction of sp³-hybridized carbons (Fsp3) is 0.464. The van der Waals surface area contributed by atoms with Crippen molar-refractivity contribution in [3.8, 4) is 11.3 Å². The van der Waals surface area contributed by atoms with Gasteiger partial charge >= 0.3 is 0 Å². The van der Waals surface area contributed by atoms with Crippen LogP contribution in [0, 0.1) is 17.6 Å². The molecule has 0 radical (unpaired) electrons. The number of hydrogen-bond donors (Lipinski definition) is 2. The summed E-state index contributed by atoms with van der Waals surface area (Å²) < 4.78 is 32.7. The van der Waals surface area contributed by atoms with E-state index in [0.717, 1.165) is 50.1 Å². The third kappa shape index (κ3) is 5.27. The van der Waals surface area contributed by atoms with Crippen LogP contribution >= 0.6 is 0 Å². The minimum atomic E-state index is -0.814. The van der Waals surface area contributed by atoms with Crippen molar-refractivity contribution in [2.75, 3.05) is 13.1 Å². The molecular formula is C28H30F2N6O3. The van der Waals surface area contributed by atoms with Crippen LogP contribution in [0.15, 0.2) is 47.1 Å². The smallest absolute Gasteiger partial charge is 0.273 e. The fourth-order valence-corrected chi connectivity index (χ4v) is 5.91. The highest BCUT2D eigenvalue weighted by Gasteiger charge is 2.49. The van der Waals surface area contributed by atoms with Gasteiger partial charge in [-0.25, -0.2) is 8.78 Å². The van der Waals surface area contributed by atoms with E-state index in [9.17, 15) is 18.4 Å². The third-order valence-electron chi connectivity index (χ3n) is 8.25. The quantitative estimate of drug-likeness (QED) is 0.475. The molecule has 3 fully saturated rings. The third-order valence-corrected chi connectivity index (χ3v) is 8.25. The Bertz CT molecular complexity index is 1360. The molecule has 0 unspecified atom stereocenters. The zero-order valence-corrected chi connectivity index (χ0v) is 21.4. The number of nitrogens with zero attached hydrogens (tertiary/aromatic N) is 4. The van der Waals surface area contributed by atoms with E-state index in [4.69, 9.17) is 4.52 Å². The van der Waals surface area contributed by atoms with Gasteiger partial charge in [0, 0.05) is 43.5 Å². The van der Waals surface area contributed by atoms with Crippen LogP contribution in [0.25, 0.3) is 11.3 Å². The lowest BCUT2D eigenvalue weighted by Crippen LogP contribution is -2.58. The predicted octanol–water partition coefficient (Wildman–Crippen LogP) is 3.58. The van der Waals surface area contributed by atoms with Crippen LogP contribution in [-0.4, -0.2) is 57.2 Å². The van der Waals surface area contributed by atoms with E-state index >= 15 is 0 Å². The highest BCUT2D eigenvalue weighted by molar-refractivity contribution is 5.94. The normalized spacial score (nSPS) is 22.9. The zero-order chi connectivity index (χ0) is 27.0. The number of nitrogens with one attached hydrogen (secondary N) is 2. The number of hydrogen-bond acceptors (Lipinski definition) is 7. The highest BCUT2D eigenvalue weighted by atomic mass is 19.1. The monoisotopic (exact) mass is 536 g/mol. The molecule has 2 N–H and O–H groups in total. The van der Waals surface area contributed by atoms with Crippen molar-refractivity contribution in [2.45, 2.75) is 62.6 Å². The Balaban J connectivity index is 1.19. The van der Waals surface area contributed by atoms with Gasteiger partial charge in [0.15, 0.2) is 11.5 Å². The summed E-state index contributed by atoms with van der Waals surface area (Å²) in [6.45, 7) is 1.32. The second kappa shape index (κ2) is 10.4. The number of rotatable bonds is 7. The lowest BCUT2D eigenvalue weighted by Gasteiger charge is -2.41. The fourth-order valence-electron chi connectivity index (χ4n) is 5.91. The topological polar surface area (TPSA) is 113 Å². The van der Waals surface area contributed by atoms with Gasteiger partial charge in [0.05, 0.1) is 22.7 Å². The number of likely N-dealkylation sites (tertiary alicyclic amines) is 1. The molecule has 3 aliphatic rings. The van der Waals surface area contributed by atoms with Gasteiger partial charge in [0.25, 0.3) is 5.91 Å². The van der Waals surface area contributed by atoms with Crippen molar-refractivity contribution < 1.29 is 22.9 Å². The number of halogens is 2. The Hall–Kier alpha value is -3.73.